The molecule has 0 bridgehead atoms. The maximum Gasteiger partial charge on any atom is 0.250 e. The number of carbonyl (C=O) groups excluding carboxylic acids is 2. The van der Waals surface area contributed by atoms with Gasteiger partial charge in [0.15, 0.2) is 0 Å². The Morgan fingerprint density at radius 3 is 2.48 bits per heavy atom. The van der Waals surface area contributed by atoms with E-state index < -0.39 is 0 Å². The fourth-order valence-electron chi connectivity index (χ4n) is 1.77. The van der Waals surface area contributed by atoms with E-state index in [1.165, 1.54) is 18.0 Å². The van der Waals surface area contributed by atoms with Gasteiger partial charge in [0.05, 0.1) is 22.7 Å². The van der Waals surface area contributed by atoms with Crippen molar-refractivity contribution in [1.82, 2.24) is 5.43 Å². The zero-order chi connectivity index (χ0) is 18.1. The number of anilines is 1. The second-order valence-corrected chi connectivity index (χ2v) is 6.70. The molecule has 8 heteroatoms. The normalized spacial score (nSPS) is 10.6. The number of thioether (sulfide) groups is 1. The highest BCUT2D eigenvalue weighted by Gasteiger charge is 2.05. The van der Waals surface area contributed by atoms with Gasteiger partial charge in [-0.3, -0.25) is 9.59 Å². The van der Waals surface area contributed by atoms with E-state index in [4.69, 9.17) is 23.2 Å². The van der Waals surface area contributed by atoms with Crippen molar-refractivity contribution in [2.75, 3.05) is 16.8 Å². The number of hydrogen-bond acceptors (Lipinski definition) is 4. The van der Waals surface area contributed by atoms with Crippen molar-refractivity contribution in [3.05, 3.63) is 64.1 Å². The molecule has 0 radical (unpaired) electrons. The van der Waals surface area contributed by atoms with E-state index in [1.54, 1.807) is 30.3 Å². The van der Waals surface area contributed by atoms with Gasteiger partial charge in [-0.05, 0) is 24.3 Å². The van der Waals surface area contributed by atoms with Crippen molar-refractivity contribution in [2.24, 2.45) is 5.10 Å². The Morgan fingerprint density at radius 2 is 1.76 bits per heavy atom. The fourth-order valence-corrected chi connectivity index (χ4v) is 2.83. The topological polar surface area (TPSA) is 70.6 Å². The first kappa shape index (κ1) is 19.3. The largest absolute Gasteiger partial charge is 0.325 e. The van der Waals surface area contributed by atoms with Crippen LogP contribution in [-0.4, -0.2) is 29.5 Å². The molecule has 0 saturated heterocycles. The number of benzene rings is 2. The first-order valence-electron chi connectivity index (χ1n) is 7.24. The summed E-state index contributed by atoms with van der Waals surface area (Å²) in [6.07, 6.45) is 1.43. The third-order valence-electron chi connectivity index (χ3n) is 2.88. The van der Waals surface area contributed by atoms with E-state index >= 15 is 0 Å². The standard InChI is InChI=1S/C17H15Cl2N3O2S/c18-13-7-6-12(15(19)8-13)9-20-22-17(24)11-25-10-16(23)21-14-4-2-1-3-5-14/h1-9H,10-11H2,(H,21,23)(H,22,24)/b20-9+. The van der Waals surface area contributed by atoms with Crippen molar-refractivity contribution in [3.63, 3.8) is 0 Å². The highest BCUT2D eigenvalue weighted by molar-refractivity contribution is 8.00. The third kappa shape index (κ3) is 7.17. The Balaban J connectivity index is 1.68. The van der Waals surface area contributed by atoms with Crippen LogP contribution < -0.4 is 10.7 Å². The third-order valence-corrected chi connectivity index (χ3v) is 4.37. The lowest BCUT2D eigenvalue weighted by Crippen LogP contribution is -2.21. The van der Waals surface area contributed by atoms with Crippen LogP contribution >= 0.6 is 35.0 Å². The molecule has 0 aromatic heterocycles. The first-order chi connectivity index (χ1) is 12.0. The van der Waals surface area contributed by atoms with Crippen LogP contribution in [0.3, 0.4) is 0 Å². The molecule has 2 N–H and O–H groups in total. The van der Waals surface area contributed by atoms with E-state index in [2.05, 4.69) is 15.8 Å². The Morgan fingerprint density at radius 1 is 1.04 bits per heavy atom. The van der Waals surface area contributed by atoms with Gasteiger partial charge in [-0.15, -0.1) is 11.8 Å². The van der Waals surface area contributed by atoms with Gasteiger partial charge in [0.2, 0.25) is 11.8 Å². The predicted molar refractivity (Wildman–Crippen MR) is 105 cm³/mol. The molecule has 0 aliphatic carbocycles. The van der Waals surface area contributed by atoms with Gasteiger partial charge in [0, 0.05) is 16.3 Å². The molecule has 2 aromatic rings. The molecule has 0 heterocycles. The molecule has 0 atom stereocenters. The van der Waals surface area contributed by atoms with E-state index in [9.17, 15) is 9.59 Å². The second kappa shape index (κ2) is 10.1. The molecule has 0 fully saturated rings. The van der Waals surface area contributed by atoms with Gasteiger partial charge < -0.3 is 5.32 Å². The van der Waals surface area contributed by atoms with Gasteiger partial charge in [-0.1, -0.05) is 47.5 Å². The van der Waals surface area contributed by atoms with E-state index in [1.807, 2.05) is 18.2 Å². The van der Waals surface area contributed by atoms with Crippen molar-refractivity contribution in [1.29, 1.82) is 0 Å². The Kier molecular flexibility index (Phi) is 7.78. The molecular formula is C17H15Cl2N3O2S. The number of halogens is 2. The number of nitrogens with one attached hydrogen (secondary N) is 2. The molecule has 2 rings (SSSR count). The SMILES string of the molecule is O=C(CSCC(=O)Nc1ccccc1)N/N=C/c1ccc(Cl)cc1Cl. The summed E-state index contributed by atoms with van der Waals surface area (Å²) in [4.78, 5) is 23.4. The van der Waals surface area contributed by atoms with Crippen LogP contribution in [0.1, 0.15) is 5.56 Å². The molecule has 5 nitrogen and oxygen atoms in total. The molecule has 2 aromatic carbocycles. The summed E-state index contributed by atoms with van der Waals surface area (Å²) in [5.74, 6) is -0.178. The highest BCUT2D eigenvalue weighted by atomic mass is 35.5. The van der Waals surface area contributed by atoms with Crippen LogP contribution in [0.4, 0.5) is 5.69 Å². The van der Waals surface area contributed by atoms with E-state index in [0.29, 0.717) is 15.6 Å². The molecule has 0 aliphatic heterocycles. The number of para-hydroxylation sites is 1. The van der Waals surface area contributed by atoms with Crippen molar-refractivity contribution >= 4 is 58.7 Å². The van der Waals surface area contributed by atoms with Crippen LogP contribution in [0.2, 0.25) is 10.0 Å². The Labute approximate surface area is 159 Å². The summed E-state index contributed by atoms with van der Waals surface area (Å²) in [5.41, 5.74) is 3.75. The number of amides is 2. The van der Waals surface area contributed by atoms with E-state index in [0.717, 1.165) is 5.69 Å². The van der Waals surface area contributed by atoms with Crippen LogP contribution in [0, 0.1) is 0 Å². The number of rotatable bonds is 7. The molecular weight excluding hydrogens is 381 g/mol. The van der Waals surface area contributed by atoms with Crippen LogP contribution in [-0.2, 0) is 9.59 Å². The molecule has 0 unspecified atom stereocenters. The zero-order valence-corrected chi connectivity index (χ0v) is 15.4. The number of hydrazone groups is 1. The summed E-state index contributed by atoms with van der Waals surface area (Å²) in [6, 6.07) is 14.1. The minimum Gasteiger partial charge on any atom is -0.325 e. The molecule has 0 spiro atoms. The van der Waals surface area contributed by atoms with Gasteiger partial charge >= 0.3 is 0 Å². The van der Waals surface area contributed by atoms with Crippen LogP contribution in [0.5, 0.6) is 0 Å². The Bertz CT molecular complexity index is 770. The van der Waals surface area contributed by atoms with Crippen molar-refractivity contribution in [3.8, 4) is 0 Å². The maximum absolute atomic E-state index is 11.7. The molecule has 130 valence electrons. The molecule has 2 amide bonds. The monoisotopic (exact) mass is 395 g/mol. The highest BCUT2D eigenvalue weighted by Crippen LogP contribution is 2.19. The smallest absolute Gasteiger partial charge is 0.250 e. The van der Waals surface area contributed by atoms with Gasteiger partial charge in [0.1, 0.15) is 0 Å². The maximum atomic E-state index is 11.7. The number of hydrogen-bond donors (Lipinski definition) is 2. The lowest BCUT2D eigenvalue weighted by Gasteiger charge is -2.04. The summed E-state index contributed by atoms with van der Waals surface area (Å²) < 4.78 is 0. The number of nitrogens with zero attached hydrogens (tertiary/aromatic N) is 1. The Hall–Kier alpha value is -2.02. The fraction of sp³-hybridized carbons (Fsp3) is 0.118. The average molecular weight is 396 g/mol. The molecule has 0 saturated carbocycles. The summed E-state index contributed by atoms with van der Waals surface area (Å²) in [7, 11) is 0. The van der Waals surface area contributed by atoms with Crippen molar-refractivity contribution in [2.45, 2.75) is 0 Å². The van der Waals surface area contributed by atoms with Gasteiger partial charge in [-0.2, -0.15) is 5.10 Å². The minimum atomic E-state index is -0.307. The predicted octanol–water partition coefficient (Wildman–Crippen LogP) is 3.82. The lowest BCUT2D eigenvalue weighted by atomic mass is 10.2. The van der Waals surface area contributed by atoms with Crippen LogP contribution in [0.15, 0.2) is 53.6 Å². The number of carbonyl (C=O) groups is 2. The summed E-state index contributed by atoms with van der Waals surface area (Å²) >= 11 is 13.0. The summed E-state index contributed by atoms with van der Waals surface area (Å²) in [6.45, 7) is 0. The molecule has 0 aliphatic rings. The first-order valence-corrected chi connectivity index (χ1v) is 9.15. The van der Waals surface area contributed by atoms with E-state index in [-0.39, 0.29) is 23.3 Å². The van der Waals surface area contributed by atoms with Crippen LogP contribution in [0.25, 0.3) is 0 Å². The van der Waals surface area contributed by atoms with Gasteiger partial charge in [0.25, 0.3) is 0 Å². The quantitative estimate of drug-likeness (QED) is 0.552. The molecule has 25 heavy (non-hydrogen) atoms. The zero-order valence-electron chi connectivity index (χ0n) is 13.0. The summed E-state index contributed by atoms with van der Waals surface area (Å²) in [5, 5.41) is 7.54. The average Bonchev–Trinajstić information content (AvgIpc) is 2.58. The lowest BCUT2D eigenvalue weighted by molar-refractivity contribution is -0.118. The van der Waals surface area contributed by atoms with Gasteiger partial charge in [-0.25, -0.2) is 5.43 Å². The van der Waals surface area contributed by atoms with Crippen molar-refractivity contribution < 1.29 is 9.59 Å². The minimum absolute atomic E-state index is 0.119. The second-order valence-electron chi connectivity index (χ2n) is 4.87.